The molecule has 0 radical (unpaired) electrons. The van der Waals surface area contributed by atoms with Crippen LogP contribution in [0.5, 0.6) is 0 Å². The number of pyridine rings is 1. The molecule has 98 valence electrons. The highest BCUT2D eigenvalue weighted by molar-refractivity contribution is 5.98. The standard InChI is InChI=1S/C12H18N4O2/c13-16-11-10(2-1-7-14-11)12(18)15-8-3-5-9(17)6-4-8/h1-2,7-9,17H,3-6,13H2,(H,14,16)(H,15,18). The van der Waals surface area contributed by atoms with Gasteiger partial charge in [0.05, 0.1) is 11.7 Å². The van der Waals surface area contributed by atoms with E-state index in [1.54, 1.807) is 18.3 Å². The van der Waals surface area contributed by atoms with E-state index in [2.05, 4.69) is 15.7 Å². The molecule has 1 heterocycles. The summed E-state index contributed by atoms with van der Waals surface area (Å²) < 4.78 is 0. The van der Waals surface area contributed by atoms with Gasteiger partial charge in [-0.05, 0) is 37.8 Å². The van der Waals surface area contributed by atoms with Gasteiger partial charge in [0.15, 0.2) is 5.82 Å². The van der Waals surface area contributed by atoms with Crippen LogP contribution in [0, 0.1) is 0 Å². The number of hydrogen-bond acceptors (Lipinski definition) is 5. The number of anilines is 1. The fourth-order valence-corrected chi connectivity index (χ4v) is 2.19. The Morgan fingerprint density at radius 2 is 2.11 bits per heavy atom. The lowest BCUT2D eigenvalue weighted by Gasteiger charge is -2.26. The number of hydrazine groups is 1. The van der Waals surface area contributed by atoms with Crippen molar-refractivity contribution in [2.75, 3.05) is 5.43 Å². The summed E-state index contributed by atoms with van der Waals surface area (Å²) in [5, 5.41) is 12.4. The molecule has 0 atom stereocenters. The van der Waals surface area contributed by atoms with Crippen molar-refractivity contribution in [2.45, 2.75) is 37.8 Å². The summed E-state index contributed by atoms with van der Waals surface area (Å²) >= 11 is 0. The molecule has 1 aromatic heterocycles. The first-order valence-electron chi connectivity index (χ1n) is 6.11. The van der Waals surface area contributed by atoms with Gasteiger partial charge in [-0.1, -0.05) is 0 Å². The second-order valence-electron chi connectivity index (χ2n) is 4.52. The molecule has 0 aliphatic heterocycles. The topological polar surface area (TPSA) is 100 Å². The number of nitrogens with one attached hydrogen (secondary N) is 2. The van der Waals surface area contributed by atoms with Gasteiger partial charge in [-0.15, -0.1) is 0 Å². The Balaban J connectivity index is 1.99. The summed E-state index contributed by atoms with van der Waals surface area (Å²) in [4.78, 5) is 16.1. The first-order valence-corrected chi connectivity index (χ1v) is 6.11. The van der Waals surface area contributed by atoms with Crippen LogP contribution in [0.4, 0.5) is 5.82 Å². The summed E-state index contributed by atoms with van der Waals surface area (Å²) in [7, 11) is 0. The third-order valence-corrected chi connectivity index (χ3v) is 3.22. The van der Waals surface area contributed by atoms with Crippen LogP contribution in [-0.2, 0) is 0 Å². The van der Waals surface area contributed by atoms with Crippen LogP contribution in [0.3, 0.4) is 0 Å². The van der Waals surface area contributed by atoms with Crippen molar-refractivity contribution < 1.29 is 9.90 Å². The lowest BCUT2D eigenvalue weighted by atomic mass is 9.93. The van der Waals surface area contributed by atoms with Crippen molar-refractivity contribution in [3.8, 4) is 0 Å². The van der Waals surface area contributed by atoms with E-state index in [4.69, 9.17) is 5.84 Å². The molecule has 1 fully saturated rings. The number of aliphatic hydroxyl groups excluding tert-OH is 1. The first kappa shape index (κ1) is 12.8. The monoisotopic (exact) mass is 250 g/mol. The molecular weight excluding hydrogens is 232 g/mol. The normalized spacial score (nSPS) is 23.4. The zero-order valence-corrected chi connectivity index (χ0v) is 10.1. The minimum Gasteiger partial charge on any atom is -0.393 e. The van der Waals surface area contributed by atoms with Gasteiger partial charge in [-0.2, -0.15) is 0 Å². The van der Waals surface area contributed by atoms with Gasteiger partial charge < -0.3 is 15.8 Å². The van der Waals surface area contributed by atoms with E-state index < -0.39 is 0 Å². The second-order valence-corrected chi connectivity index (χ2v) is 4.52. The highest BCUT2D eigenvalue weighted by Gasteiger charge is 2.22. The maximum Gasteiger partial charge on any atom is 0.255 e. The Morgan fingerprint density at radius 3 is 2.78 bits per heavy atom. The number of aromatic nitrogens is 1. The van der Waals surface area contributed by atoms with Gasteiger partial charge in [0.1, 0.15) is 0 Å². The second kappa shape index (κ2) is 5.79. The number of carbonyl (C=O) groups excluding carboxylic acids is 1. The minimum absolute atomic E-state index is 0.117. The van der Waals surface area contributed by atoms with E-state index in [0.717, 1.165) is 25.7 Å². The lowest BCUT2D eigenvalue weighted by Crippen LogP contribution is -2.39. The van der Waals surface area contributed by atoms with Crippen LogP contribution in [0.1, 0.15) is 36.0 Å². The molecule has 1 amide bonds. The molecule has 18 heavy (non-hydrogen) atoms. The molecule has 0 saturated heterocycles. The molecule has 6 nitrogen and oxygen atoms in total. The van der Waals surface area contributed by atoms with Gasteiger partial charge in [-0.25, -0.2) is 10.8 Å². The Kier molecular flexibility index (Phi) is 4.11. The summed E-state index contributed by atoms with van der Waals surface area (Å²) in [5.74, 6) is 5.50. The van der Waals surface area contributed by atoms with Crippen molar-refractivity contribution >= 4 is 11.7 Å². The van der Waals surface area contributed by atoms with Crippen molar-refractivity contribution in [1.82, 2.24) is 10.3 Å². The van der Waals surface area contributed by atoms with Crippen LogP contribution < -0.4 is 16.6 Å². The number of aliphatic hydroxyl groups is 1. The predicted octanol–water partition coefficient (Wildman–Crippen LogP) is 0.400. The number of carbonyl (C=O) groups is 1. The molecule has 2 rings (SSSR count). The summed E-state index contributed by atoms with van der Waals surface area (Å²) in [6.07, 6.45) is 4.43. The molecule has 1 aromatic rings. The van der Waals surface area contributed by atoms with E-state index in [-0.39, 0.29) is 18.1 Å². The van der Waals surface area contributed by atoms with Crippen LogP contribution in [0.2, 0.25) is 0 Å². The Bertz CT molecular complexity index is 416. The molecule has 6 heteroatoms. The summed E-state index contributed by atoms with van der Waals surface area (Å²) in [6.45, 7) is 0. The Morgan fingerprint density at radius 1 is 1.39 bits per heavy atom. The lowest BCUT2D eigenvalue weighted by molar-refractivity contribution is 0.0868. The first-order chi connectivity index (χ1) is 8.70. The quantitative estimate of drug-likeness (QED) is 0.459. The summed E-state index contributed by atoms with van der Waals surface area (Å²) in [6, 6.07) is 3.49. The predicted molar refractivity (Wildman–Crippen MR) is 67.8 cm³/mol. The zero-order valence-electron chi connectivity index (χ0n) is 10.1. The maximum atomic E-state index is 12.1. The molecule has 1 aliphatic carbocycles. The fourth-order valence-electron chi connectivity index (χ4n) is 2.19. The molecule has 0 bridgehead atoms. The Hall–Kier alpha value is -1.66. The fraction of sp³-hybridized carbons (Fsp3) is 0.500. The Labute approximate surface area is 106 Å². The number of nitrogen functional groups attached to an aromatic ring is 1. The number of nitrogens with two attached hydrogens (primary N) is 1. The third-order valence-electron chi connectivity index (χ3n) is 3.22. The molecule has 0 aromatic carbocycles. The van der Waals surface area contributed by atoms with Gasteiger partial charge >= 0.3 is 0 Å². The third kappa shape index (κ3) is 2.96. The van der Waals surface area contributed by atoms with E-state index in [9.17, 15) is 9.90 Å². The van der Waals surface area contributed by atoms with Gasteiger partial charge in [-0.3, -0.25) is 4.79 Å². The van der Waals surface area contributed by atoms with E-state index in [1.165, 1.54) is 0 Å². The number of rotatable bonds is 3. The van der Waals surface area contributed by atoms with E-state index in [1.807, 2.05) is 0 Å². The molecule has 1 aliphatic rings. The average Bonchev–Trinajstić information content (AvgIpc) is 2.41. The highest BCUT2D eigenvalue weighted by Crippen LogP contribution is 2.19. The number of nitrogens with zero attached hydrogens (tertiary/aromatic N) is 1. The van der Waals surface area contributed by atoms with E-state index in [0.29, 0.717) is 11.4 Å². The smallest absolute Gasteiger partial charge is 0.255 e. The van der Waals surface area contributed by atoms with Crippen LogP contribution in [-0.4, -0.2) is 28.1 Å². The van der Waals surface area contributed by atoms with Gasteiger partial charge in [0.2, 0.25) is 0 Å². The summed E-state index contributed by atoms with van der Waals surface area (Å²) in [5.41, 5.74) is 2.85. The van der Waals surface area contributed by atoms with E-state index >= 15 is 0 Å². The van der Waals surface area contributed by atoms with Crippen molar-refractivity contribution in [3.63, 3.8) is 0 Å². The maximum absolute atomic E-state index is 12.1. The highest BCUT2D eigenvalue weighted by atomic mass is 16.3. The van der Waals surface area contributed by atoms with Crippen molar-refractivity contribution in [1.29, 1.82) is 0 Å². The molecule has 5 N–H and O–H groups in total. The molecule has 1 saturated carbocycles. The van der Waals surface area contributed by atoms with Gasteiger partial charge in [0.25, 0.3) is 5.91 Å². The van der Waals surface area contributed by atoms with Crippen molar-refractivity contribution in [3.05, 3.63) is 23.9 Å². The minimum atomic E-state index is -0.224. The SMILES string of the molecule is NNc1ncccc1C(=O)NC1CCC(O)CC1. The average molecular weight is 250 g/mol. The number of amides is 1. The van der Waals surface area contributed by atoms with Crippen LogP contribution in [0.15, 0.2) is 18.3 Å². The van der Waals surface area contributed by atoms with Gasteiger partial charge in [0, 0.05) is 12.2 Å². The van der Waals surface area contributed by atoms with Crippen LogP contribution >= 0.6 is 0 Å². The van der Waals surface area contributed by atoms with Crippen molar-refractivity contribution in [2.24, 2.45) is 5.84 Å². The molecule has 0 unspecified atom stereocenters. The van der Waals surface area contributed by atoms with Crippen LogP contribution in [0.25, 0.3) is 0 Å². The largest absolute Gasteiger partial charge is 0.393 e. The molecular formula is C12H18N4O2. The molecule has 0 spiro atoms. The zero-order chi connectivity index (χ0) is 13.0. The number of hydrogen-bond donors (Lipinski definition) is 4.